The molecule has 0 aliphatic rings. The van der Waals surface area contributed by atoms with Gasteiger partial charge in [0.05, 0.1) is 30.1 Å². The lowest BCUT2D eigenvalue weighted by atomic mass is 10.1. The van der Waals surface area contributed by atoms with Gasteiger partial charge in [-0.2, -0.15) is 0 Å². The second-order valence-corrected chi connectivity index (χ2v) is 9.01. The highest BCUT2D eigenvalue weighted by Gasteiger charge is 2.33. The summed E-state index contributed by atoms with van der Waals surface area (Å²) < 4.78 is 32.5. The maximum absolute atomic E-state index is 13.5. The fourth-order valence-electron chi connectivity index (χ4n) is 3.43. The van der Waals surface area contributed by atoms with Gasteiger partial charge in [0.15, 0.2) is 0 Å². The Morgan fingerprint density at radius 2 is 1.77 bits per heavy atom. The third-order valence-corrected chi connectivity index (χ3v) is 6.18. The number of hydrogen-bond acceptors (Lipinski definition) is 5. The maximum Gasteiger partial charge on any atom is 0.340 e. The molecule has 7 nitrogen and oxygen atoms in total. The minimum absolute atomic E-state index is 0.217. The van der Waals surface area contributed by atoms with Crippen LogP contribution in [0.2, 0.25) is 5.02 Å². The lowest BCUT2D eigenvalue weighted by Crippen LogP contribution is -2.46. The summed E-state index contributed by atoms with van der Waals surface area (Å²) in [5, 5.41) is 0.996. The molecule has 1 unspecified atom stereocenters. The number of benzene rings is 2. The molecule has 3 aromatic rings. The minimum Gasteiger partial charge on any atom is -0.465 e. The number of ether oxygens (including phenoxy) is 1. The van der Waals surface area contributed by atoms with Gasteiger partial charge in [0.2, 0.25) is 10.0 Å². The largest absolute Gasteiger partial charge is 0.465 e. The first kappa shape index (κ1) is 21.9. The van der Waals surface area contributed by atoms with Crippen molar-refractivity contribution in [2.75, 3.05) is 17.7 Å². The first-order valence-electron chi connectivity index (χ1n) is 9.16. The number of hydrogen-bond donors (Lipinski definition) is 0. The van der Waals surface area contributed by atoms with Crippen molar-refractivity contribution in [2.45, 2.75) is 19.4 Å². The van der Waals surface area contributed by atoms with Crippen molar-refractivity contribution in [3.8, 4) is 0 Å². The number of rotatable bonds is 6. The van der Waals surface area contributed by atoms with Crippen LogP contribution in [-0.2, 0) is 14.8 Å². The Hall–Kier alpha value is -2.84. The first-order valence-corrected chi connectivity index (χ1v) is 11.4. The zero-order valence-electron chi connectivity index (χ0n) is 16.7. The molecule has 3 rings (SSSR count). The Morgan fingerprint density at radius 1 is 1.13 bits per heavy atom. The number of nitrogens with zero attached hydrogens (tertiary/aromatic N) is 2. The fraction of sp³-hybridized carbons (Fsp3) is 0.238. The predicted octanol–water partition coefficient (Wildman–Crippen LogP) is 3.97. The standard InChI is InChI=1S/C21H21ClN2O5S/c1-4-18(24(30(3,27)28)15-11-9-14(22)10-12-15)20(25)23-13-17(21(26)29-2)16-7-5-6-8-19(16)23/h5-13,18H,4H2,1-3H3. The van der Waals surface area contributed by atoms with Gasteiger partial charge in [-0.25, -0.2) is 13.2 Å². The minimum atomic E-state index is -3.80. The van der Waals surface area contributed by atoms with E-state index in [1.165, 1.54) is 17.9 Å². The van der Waals surface area contributed by atoms with Crippen molar-refractivity contribution in [1.82, 2.24) is 4.57 Å². The highest BCUT2D eigenvalue weighted by molar-refractivity contribution is 7.92. The number of carbonyl (C=O) groups is 2. The van der Waals surface area contributed by atoms with Gasteiger partial charge in [-0.3, -0.25) is 13.7 Å². The van der Waals surface area contributed by atoms with Gasteiger partial charge in [0.25, 0.3) is 5.91 Å². The summed E-state index contributed by atoms with van der Waals surface area (Å²) >= 11 is 5.93. The monoisotopic (exact) mass is 448 g/mol. The summed E-state index contributed by atoms with van der Waals surface area (Å²) in [6.45, 7) is 1.73. The van der Waals surface area contributed by atoms with Crippen molar-refractivity contribution in [3.05, 3.63) is 65.3 Å². The van der Waals surface area contributed by atoms with E-state index in [4.69, 9.17) is 16.3 Å². The number of aromatic nitrogens is 1. The maximum atomic E-state index is 13.5. The summed E-state index contributed by atoms with van der Waals surface area (Å²) in [4.78, 5) is 25.7. The van der Waals surface area contributed by atoms with Crippen LogP contribution in [0.5, 0.6) is 0 Å². The van der Waals surface area contributed by atoms with Crippen LogP contribution in [0.3, 0.4) is 0 Å². The molecule has 0 saturated carbocycles. The van der Waals surface area contributed by atoms with E-state index in [0.717, 1.165) is 10.6 Å². The Kier molecular flexibility index (Phi) is 6.19. The Labute approximate surface area is 179 Å². The zero-order valence-corrected chi connectivity index (χ0v) is 18.3. The van der Waals surface area contributed by atoms with E-state index in [-0.39, 0.29) is 12.0 Å². The van der Waals surface area contributed by atoms with E-state index in [0.29, 0.717) is 21.6 Å². The van der Waals surface area contributed by atoms with E-state index < -0.39 is 27.9 Å². The summed E-state index contributed by atoms with van der Waals surface area (Å²) in [6.07, 6.45) is 2.66. The molecule has 2 aromatic carbocycles. The van der Waals surface area contributed by atoms with E-state index in [9.17, 15) is 18.0 Å². The quantitative estimate of drug-likeness (QED) is 0.532. The van der Waals surface area contributed by atoms with Gasteiger partial charge in [-0.05, 0) is 36.8 Å². The van der Waals surface area contributed by atoms with Crippen molar-refractivity contribution in [2.24, 2.45) is 0 Å². The summed E-state index contributed by atoms with van der Waals surface area (Å²) in [6, 6.07) is 12.1. The number of sulfonamides is 1. The van der Waals surface area contributed by atoms with Gasteiger partial charge in [0, 0.05) is 16.6 Å². The third-order valence-electron chi connectivity index (χ3n) is 4.75. The predicted molar refractivity (Wildman–Crippen MR) is 117 cm³/mol. The molecular formula is C21H21ClN2O5S. The average Bonchev–Trinajstić information content (AvgIpc) is 3.10. The number of methoxy groups -OCH3 is 1. The lowest BCUT2D eigenvalue weighted by molar-refractivity contribution is 0.0603. The number of esters is 1. The number of halogens is 1. The zero-order chi connectivity index (χ0) is 22.1. The highest BCUT2D eigenvalue weighted by Crippen LogP contribution is 2.28. The smallest absolute Gasteiger partial charge is 0.340 e. The lowest BCUT2D eigenvalue weighted by Gasteiger charge is -2.30. The van der Waals surface area contributed by atoms with Crippen molar-refractivity contribution < 1.29 is 22.7 Å². The Balaban J connectivity index is 2.16. The van der Waals surface area contributed by atoms with Crippen molar-refractivity contribution in [3.63, 3.8) is 0 Å². The van der Waals surface area contributed by atoms with E-state index in [1.54, 1.807) is 55.5 Å². The SMILES string of the molecule is CCC(C(=O)n1cc(C(=O)OC)c2ccccc21)N(c1ccc(Cl)cc1)S(C)(=O)=O. The van der Waals surface area contributed by atoms with Gasteiger partial charge in [-0.1, -0.05) is 36.7 Å². The number of anilines is 1. The number of para-hydroxylation sites is 1. The van der Waals surface area contributed by atoms with Crippen LogP contribution in [-0.4, -0.2) is 44.3 Å². The van der Waals surface area contributed by atoms with Gasteiger partial charge in [-0.15, -0.1) is 0 Å². The number of fused-ring (bicyclic) bond motifs is 1. The average molecular weight is 449 g/mol. The molecule has 0 amide bonds. The van der Waals surface area contributed by atoms with Crippen LogP contribution < -0.4 is 4.31 Å². The molecule has 158 valence electrons. The second kappa shape index (κ2) is 8.49. The van der Waals surface area contributed by atoms with Gasteiger partial charge >= 0.3 is 5.97 Å². The molecule has 1 aromatic heterocycles. The molecule has 0 aliphatic carbocycles. The van der Waals surface area contributed by atoms with E-state index in [1.807, 2.05) is 0 Å². The molecule has 0 spiro atoms. The molecule has 1 heterocycles. The van der Waals surface area contributed by atoms with Crippen LogP contribution in [0, 0.1) is 0 Å². The molecule has 0 radical (unpaired) electrons. The summed E-state index contributed by atoms with van der Waals surface area (Å²) in [5.74, 6) is -1.06. The number of carbonyl (C=O) groups excluding carboxylic acids is 2. The van der Waals surface area contributed by atoms with E-state index in [2.05, 4.69) is 0 Å². The fourth-order valence-corrected chi connectivity index (χ4v) is 4.76. The summed E-state index contributed by atoms with van der Waals surface area (Å²) in [7, 11) is -2.54. The topological polar surface area (TPSA) is 85.7 Å². The molecule has 0 fully saturated rings. The molecule has 0 saturated heterocycles. The van der Waals surface area contributed by atoms with Crippen LogP contribution in [0.4, 0.5) is 5.69 Å². The van der Waals surface area contributed by atoms with Crippen LogP contribution in [0.1, 0.15) is 28.5 Å². The first-order chi connectivity index (χ1) is 14.2. The van der Waals surface area contributed by atoms with Crippen LogP contribution in [0.25, 0.3) is 10.9 Å². The normalized spacial score (nSPS) is 12.5. The molecule has 1 atom stereocenters. The molecule has 0 N–H and O–H groups in total. The van der Waals surface area contributed by atoms with Crippen molar-refractivity contribution >= 4 is 50.1 Å². The molecular weight excluding hydrogens is 428 g/mol. The van der Waals surface area contributed by atoms with Crippen LogP contribution in [0.15, 0.2) is 54.7 Å². The highest BCUT2D eigenvalue weighted by atomic mass is 35.5. The molecule has 0 bridgehead atoms. The third kappa shape index (κ3) is 4.06. The van der Waals surface area contributed by atoms with Gasteiger partial charge in [0.1, 0.15) is 6.04 Å². The Morgan fingerprint density at radius 3 is 2.33 bits per heavy atom. The molecule has 9 heteroatoms. The van der Waals surface area contributed by atoms with Crippen molar-refractivity contribution in [1.29, 1.82) is 0 Å². The second-order valence-electron chi connectivity index (χ2n) is 6.72. The summed E-state index contributed by atoms with van der Waals surface area (Å²) in [5.41, 5.74) is 1.05. The van der Waals surface area contributed by atoms with Crippen LogP contribution >= 0.6 is 11.6 Å². The molecule has 30 heavy (non-hydrogen) atoms. The molecule has 0 aliphatic heterocycles. The van der Waals surface area contributed by atoms with E-state index >= 15 is 0 Å². The van der Waals surface area contributed by atoms with Gasteiger partial charge < -0.3 is 4.74 Å². The Bertz CT molecular complexity index is 1200.